The third kappa shape index (κ3) is 3.32. The molecule has 0 aliphatic rings. The van der Waals surface area contributed by atoms with Gasteiger partial charge in [0.25, 0.3) is 0 Å². The number of phenolic OH excluding ortho intramolecular Hbond substituents is 1. The summed E-state index contributed by atoms with van der Waals surface area (Å²) in [6, 6.07) is 22.8. The zero-order chi connectivity index (χ0) is 18.0. The molecular weight excluding hydrogens is 304 g/mol. The van der Waals surface area contributed by atoms with Crippen molar-refractivity contribution in [3.05, 3.63) is 77.9 Å². The highest BCUT2D eigenvalue weighted by Gasteiger charge is 2.17. The maximum atomic E-state index is 11.1. The average molecular weight is 330 g/mol. The van der Waals surface area contributed by atoms with E-state index >= 15 is 0 Å². The lowest BCUT2D eigenvalue weighted by Crippen LogP contribution is -1.95. The molecule has 25 heavy (non-hydrogen) atoms. The molecule has 0 amide bonds. The van der Waals surface area contributed by atoms with Crippen molar-refractivity contribution in [2.75, 3.05) is 0 Å². The largest absolute Gasteiger partial charge is 0.507 e. The average Bonchev–Trinajstić information content (AvgIpc) is 2.62. The standard InChI is InChI=1S/C24H26O/c1-16(2)18-10-5-7-12-20(18)22-14-9-15-23(24(22)25)21-13-8-6-11-19(21)17(3)4/h5-17,25H,1-4H3. The summed E-state index contributed by atoms with van der Waals surface area (Å²) in [4.78, 5) is 0. The predicted octanol–water partition coefficient (Wildman–Crippen LogP) is 6.97. The van der Waals surface area contributed by atoms with Gasteiger partial charge in [0.05, 0.1) is 0 Å². The van der Waals surface area contributed by atoms with Gasteiger partial charge in [-0.3, -0.25) is 0 Å². The lowest BCUT2D eigenvalue weighted by molar-refractivity contribution is 0.479. The molecule has 0 saturated heterocycles. The zero-order valence-electron chi connectivity index (χ0n) is 15.5. The lowest BCUT2D eigenvalue weighted by atomic mass is 9.88. The smallest absolute Gasteiger partial charge is 0.131 e. The monoisotopic (exact) mass is 330 g/mol. The first kappa shape index (κ1) is 17.3. The Hall–Kier alpha value is -2.54. The van der Waals surface area contributed by atoms with Gasteiger partial charge in [0.1, 0.15) is 5.75 Å². The number of benzene rings is 3. The van der Waals surface area contributed by atoms with Gasteiger partial charge in [-0.25, -0.2) is 0 Å². The van der Waals surface area contributed by atoms with Crippen LogP contribution in [0.25, 0.3) is 22.3 Å². The highest BCUT2D eigenvalue weighted by atomic mass is 16.3. The fourth-order valence-corrected chi connectivity index (χ4v) is 3.47. The van der Waals surface area contributed by atoms with Crippen molar-refractivity contribution in [3.63, 3.8) is 0 Å². The summed E-state index contributed by atoms with van der Waals surface area (Å²) in [7, 11) is 0. The first-order valence-electron chi connectivity index (χ1n) is 9.01. The van der Waals surface area contributed by atoms with Crippen LogP contribution in [-0.2, 0) is 0 Å². The molecule has 0 heterocycles. The Balaban J connectivity index is 2.21. The van der Waals surface area contributed by atoms with E-state index in [0.717, 1.165) is 22.3 Å². The lowest BCUT2D eigenvalue weighted by Gasteiger charge is -2.18. The second-order valence-electron chi connectivity index (χ2n) is 7.19. The normalized spacial score (nSPS) is 11.3. The van der Waals surface area contributed by atoms with Crippen LogP contribution >= 0.6 is 0 Å². The van der Waals surface area contributed by atoms with Gasteiger partial charge in [0, 0.05) is 11.1 Å². The van der Waals surface area contributed by atoms with Gasteiger partial charge in [-0.15, -0.1) is 0 Å². The van der Waals surface area contributed by atoms with E-state index in [1.165, 1.54) is 11.1 Å². The summed E-state index contributed by atoms with van der Waals surface area (Å²) in [6.07, 6.45) is 0. The van der Waals surface area contributed by atoms with Crippen LogP contribution < -0.4 is 0 Å². The molecule has 0 unspecified atom stereocenters. The third-order valence-corrected chi connectivity index (χ3v) is 4.78. The molecule has 3 aromatic rings. The SMILES string of the molecule is CC(C)c1ccccc1-c1cccc(-c2ccccc2C(C)C)c1O. The molecule has 3 rings (SSSR count). The van der Waals surface area contributed by atoms with Crippen molar-refractivity contribution in [3.8, 4) is 28.0 Å². The van der Waals surface area contributed by atoms with Gasteiger partial charge in [0.2, 0.25) is 0 Å². The van der Waals surface area contributed by atoms with Crippen molar-refractivity contribution >= 4 is 0 Å². The molecule has 0 radical (unpaired) electrons. The topological polar surface area (TPSA) is 20.2 Å². The van der Waals surface area contributed by atoms with E-state index in [2.05, 4.69) is 64.1 Å². The van der Waals surface area contributed by atoms with Crippen LogP contribution in [0.1, 0.15) is 50.7 Å². The van der Waals surface area contributed by atoms with Gasteiger partial charge in [-0.1, -0.05) is 94.4 Å². The number of rotatable bonds is 4. The number of hydrogen-bond acceptors (Lipinski definition) is 1. The summed E-state index contributed by atoms with van der Waals surface area (Å²) in [6.45, 7) is 8.75. The summed E-state index contributed by atoms with van der Waals surface area (Å²) in [5.41, 5.74) is 6.54. The van der Waals surface area contributed by atoms with E-state index in [4.69, 9.17) is 0 Å². The maximum Gasteiger partial charge on any atom is 0.131 e. The van der Waals surface area contributed by atoms with Gasteiger partial charge in [-0.2, -0.15) is 0 Å². The third-order valence-electron chi connectivity index (χ3n) is 4.78. The van der Waals surface area contributed by atoms with E-state index in [-0.39, 0.29) is 0 Å². The Labute approximate surface area is 151 Å². The second kappa shape index (κ2) is 7.14. The first-order valence-corrected chi connectivity index (χ1v) is 9.01. The highest BCUT2D eigenvalue weighted by Crippen LogP contribution is 2.42. The van der Waals surface area contributed by atoms with Gasteiger partial charge >= 0.3 is 0 Å². The van der Waals surface area contributed by atoms with Crippen LogP contribution in [0.15, 0.2) is 66.7 Å². The van der Waals surface area contributed by atoms with Crippen molar-refractivity contribution in [1.82, 2.24) is 0 Å². The van der Waals surface area contributed by atoms with Crippen LogP contribution in [0.3, 0.4) is 0 Å². The van der Waals surface area contributed by atoms with Crippen LogP contribution in [0.5, 0.6) is 5.75 Å². The van der Waals surface area contributed by atoms with Crippen LogP contribution in [0.4, 0.5) is 0 Å². The highest BCUT2D eigenvalue weighted by molar-refractivity contribution is 5.84. The number of aromatic hydroxyl groups is 1. The number of hydrogen-bond donors (Lipinski definition) is 1. The Kier molecular flexibility index (Phi) is 4.94. The molecule has 1 nitrogen and oxygen atoms in total. The minimum Gasteiger partial charge on any atom is -0.507 e. The molecule has 0 saturated carbocycles. The predicted molar refractivity (Wildman–Crippen MR) is 107 cm³/mol. The molecular formula is C24H26O. The maximum absolute atomic E-state index is 11.1. The van der Waals surface area contributed by atoms with E-state index in [0.29, 0.717) is 17.6 Å². The summed E-state index contributed by atoms with van der Waals surface area (Å²) in [5.74, 6) is 1.17. The van der Waals surface area contributed by atoms with E-state index in [1.54, 1.807) is 0 Å². The van der Waals surface area contributed by atoms with Gasteiger partial charge < -0.3 is 5.11 Å². The number of para-hydroxylation sites is 1. The minimum absolute atomic E-state index is 0.365. The molecule has 0 aliphatic carbocycles. The van der Waals surface area contributed by atoms with Crippen LogP contribution in [0, 0.1) is 0 Å². The van der Waals surface area contributed by atoms with E-state index in [1.807, 2.05) is 30.3 Å². The molecule has 0 atom stereocenters. The van der Waals surface area contributed by atoms with Gasteiger partial charge in [-0.05, 0) is 34.1 Å². The van der Waals surface area contributed by atoms with Crippen molar-refractivity contribution in [2.45, 2.75) is 39.5 Å². The molecule has 3 aromatic carbocycles. The number of phenols is 1. The van der Waals surface area contributed by atoms with Crippen LogP contribution in [0.2, 0.25) is 0 Å². The quantitative estimate of drug-likeness (QED) is 0.547. The zero-order valence-corrected chi connectivity index (χ0v) is 15.5. The second-order valence-corrected chi connectivity index (χ2v) is 7.19. The van der Waals surface area contributed by atoms with Crippen molar-refractivity contribution < 1.29 is 5.11 Å². The first-order chi connectivity index (χ1) is 12.0. The molecule has 0 fully saturated rings. The fraction of sp³-hybridized carbons (Fsp3) is 0.250. The van der Waals surface area contributed by atoms with Crippen molar-refractivity contribution in [2.24, 2.45) is 0 Å². The van der Waals surface area contributed by atoms with Crippen LogP contribution in [-0.4, -0.2) is 5.11 Å². The Morgan fingerprint density at radius 2 is 0.880 bits per heavy atom. The summed E-state index contributed by atoms with van der Waals surface area (Å²) >= 11 is 0. The minimum atomic E-state index is 0.365. The van der Waals surface area contributed by atoms with E-state index < -0.39 is 0 Å². The molecule has 0 spiro atoms. The fourth-order valence-electron chi connectivity index (χ4n) is 3.47. The van der Waals surface area contributed by atoms with Gasteiger partial charge in [0.15, 0.2) is 0 Å². The van der Waals surface area contributed by atoms with Crippen molar-refractivity contribution in [1.29, 1.82) is 0 Å². The Morgan fingerprint density at radius 1 is 0.520 bits per heavy atom. The Bertz CT molecular complexity index is 805. The molecule has 0 aliphatic heterocycles. The Morgan fingerprint density at radius 3 is 1.28 bits per heavy atom. The summed E-state index contributed by atoms with van der Waals surface area (Å²) in [5, 5.41) is 11.1. The molecule has 0 aromatic heterocycles. The summed E-state index contributed by atoms with van der Waals surface area (Å²) < 4.78 is 0. The molecule has 128 valence electrons. The molecule has 1 heteroatoms. The molecule has 0 bridgehead atoms. The molecule has 1 N–H and O–H groups in total. The van der Waals surface area contributed by atoms with E-state index in [9.17, 15) is 5.11 Å².